The molecule has 0 N–H and O–H groups in total. The van der Waals surface area contributed by atoms with Crippen LogP contribution in [0.5, 0.6) is 0 Å². The minimum absolute atomic E-state index is 1.03. The Bertz CT molecular complexity index is 50.5. The third-order valence-electron chi connectivity index (χ3n) is 1.55. The van der Waals surface area contributed by atoms with Crippen molar-refractivity contribution in [2.24, 2.45) is 0 Å². The SMILES string of the molecule is CCCCCC[CH](C)[Zn]. The van der Waals surface area contributed by atoms with Gasteiger partial charge in [-0.1, -0.05) is 0 Å². The second kappa shape index (κ2) is 6.74. The van der Waals surface area contributed by atoms with E-state index in [-0.39, 0.29) is 0 Å². The normalized spacial score (nSPS) is 13.8. The van der Waals surface area contributed by atoms with Gasteiger partial charge in [0.25, 0.3) is 0 Å². The second-order valence-corrected chi connectivity index (χ2v) is 5.88. The molecule has 0 aliphatic heterocycles. The van der Waals surface area contributed by atoms with E-state index >= 15 is 0 Å². The maximum atomic E-state index is 2.35. The monoisotopic (exact) mass is 177 g/mol. The summed E-state index contributed by atoms with van der Waals surface area (Å²) in [5.74, 6) is 0. The molecule has 0 radical (unpaired) electrons. The van der Waals surface area contributed by atoms with Crippen molar-refractivity contribution in [2.75, 3.05) is 0 Å². The Morgan fingerprint density at radius 3 is 2.33 bits per heavy atom. The molecule has 1 heteroatoms. The topological polar surface area (TPSA) is 0 Å². The van der Waals surface area contributed by atoms with Crippen molar-refractivity contribution < 1.29 is 18.3 Å². The van der Waals surface area contributed by atoms with Crippen molar-refractivity contribution in [3.63, 3.8) is 0 Å². The first kappa shape index (κ1) is 9.62. The molecule has 0 saturated heterocycles. The van der Waals surface area contributed by atoms with Gasteiger partial charge < -0.3 is 0 Å². The van der Waals surface area contributed by atoms with Gasteiger partial charge in [-0.05, 0) is 0 Å². The van der Waals surface area contributed by atoms with Crippen LogP contribution in [0.3, 0.4) is 0 Å². The van der Waals surface area contributed by atoms with Crippen molar-refractivity contribution >= 4 is 0 Å². The molecule has 0 bridgehead atoms. The van der Waals surface area contributed by atoms with Gasteiger partial charge in [0.1, 0.15) is 0 Å². The van der Waals surface area contributed by atoms with Gasteiger partial charge in [0.2, 0.25) is 0 Å². The van der Waals surface area contributed by atoms with Crippen LogP contribution in [-0.4, -0.2) is 0 Å². The quantitative estimate of drug-likeness (QED) is 0.448. The summed E-state index contributed by atoms with van der Waals surface area (Å²) in [4.78, 5) is 0. The van der Waals surface area contributed by atoms with Crippen LogP contribution in [0.15, 0.2) is 0 Å². The zero-order valence-electron chi connectivity index (χ0n) is 6.82. The van der Waals surface area contributed by atoms with Gasteiger partial charge >= 0.3 is 68.8 Å². The van der Waals surface area contributed by atoms with E-state index in [1.54, 1.807) is 0 Å². The Balaban J connectivity index is 2.75. The van der Waals surface area contributed by atoms with Gasteiger partial charge in [-0.3, -0.25) is 0 Å². The van der Waals surface area contributed by atoms with E-state index in [1.807, 2.05) is 0 Å². The van der Waals surface area contributed by atoms with E-state index in [4.69, 9.17) is 0 Å². The van der Waals surface area contributed by atoms with E-state index in [9.17, 15) is 0 Å². The molecule has 0 saturated carbocycles. The number of hydrogen-bond acceptors (Lipinski definition) is 0. The van der Waals surface area contributed by atoms with Gasteiger partial charge in [-0.15, -0.1) is 0 Å². The molecule has 1 atom stereocenters. The summed E-state index contributed by atoms with van der Waals surface area (Å²) in [5, 5.41) is 0. The molecule has 0 fully saturated rings. The molecule has 0 amide bonds. The Morgan fingerprint density at radius 1 is 1.22 bits per heavy atom. The third kappa shape index (κ3) is 8.62. The fourth-order valence-electron chi connectivity index (χ4n) is 0.920. The first-order valence-corrected chi connectivity index (χ1v) is 5.81. The van der Waals surface area contributed by atoms with Crippen LogP contribution in [-0.2, 0) is 18.3 Å². The van der Waals surface area contributed by atoms with Crippen molar-refractivity contribution in [3.8, 4) is 0 Å². The predicted molar refractivity (Wildman–Crippen MR) is 38.2 cm³/mol. The minimum atomic E-state index is 1.03. The van der Waals surface area contributed by atoms with E-state index in [0.29, 0.717) is 0 Å². The maximum absolute atomic E-state index is 2.35. The van der Waals surface area contributed by atoms with Crippen molar-refractivity contribution in [1.29, 1.82) is 0 Å². The molecule has 0 aliphatic rings. The van der Waals surface area contributed by atoms with Crippen LogP contribution in [0.2, 0.25) is 4.51 Å². The standard InChI is InChI=1S/C8H17.Zn/c1-3-5-7-8-6-4-2;/h3H,4-8H2,1-2H3;. The molecular formula is C8H17Zn. The molecular weight excluding hydrogens is 161 g/mol. The molecule has 0 aromatic heterocycles. The second-order valence-electron chi connectivity index (χ2n) is 2.95. The summed E-state index contributed by atoms with van der Waals surface area (Å²) in [7, 11) is 0. The van der Waals surface area contributed by atoms with Gasteiger partial charge in [0.05, 0.1) is 0 Å². The fourth-order valence-corrected chi connectivity index (χ4v) is 1.53. The van der Waals surface area contributed by atoms with Crippen molar-refractivity contribution in [1.82, 2.24) is 0 Å². The Hall–Kier alpha value is 0.623. The summed E-state index contributed by atoms with van der Waals surface area (Å²) in [5.41, 5.74) is 0. The van der Waals surface area contributed by atoms with Gasteiger partial charge in [-0.25, -0.2) is 0 Å². The number of hydrogen-bond donors (Lipinski definition) is 0. The summed E-state index contributed by atoms with van der Waals surface area (Å²) in [6.07, 6.45) is 7.21. The van der Waals surface area contributed by atoms with E-state index in [0.717, 1.165) is 4.51 Å². The zero-order valence-corrected chi connectivity index (χ0v) is 9.79. The summed E-state index contributed by atoms with van der Waals surface area (Å²) in [6.45, 7) is 4.62. The summed E-state index contributed by atoms with van der Waals surface area (Å²) in [6, 6.07) is 0. The molecule has 0 rings (SSSR count). The van der Waals surface area contributed by atoms with Gasteiger partial charge in [-0.2, -0.15) is 0 Å². The van der Waals surface area contributed by atoms with E-state index in [2.05, 4.69) is 13.8 Å². The predicted octanol–water partition coefficient (Wildman–Crippen LogP) is 3.31. The summed E-state index contributed by atoms with van der Waals surface area (Å²) < 4.78 is 1.03. The Morgan fingerprint density at radius 2 is 1.89 bits per heavy atom. The van der Waals surface area contributed by atoms with E-state index < -0.39 is 0 Å². The van der Waals surface area contributed by atoms with Crippen LogP contribution in [0, 0.1) is 0 Å². The summed E-state index contributed by atoms with van der Waals surface area (Å²) >= 11 is 1.48. The van der Waals surface area contributed by atoms with Gasteiger partial charge in [0, 0.05) is 0 Å². The molecule has 1 unspecified atom stereocenters. The molecule has 0 aliphatic carbocycles. The van der Waals surface area contributed by atoms with E-state index in [1.165, 1.54) is 50.4 Å². The van der Waals surface area contributed by atoms with Gasteiger partial charge in [0.15, 0.2) is 0 Å². The molecule has 9 heavy (non-hydrogen) atoms. The Kier molecular flexibility index (Phi) is 7.21. The van der Waals surface area contributed by atoms with Crippen molar-refractivity contribution in [2.45, 2.75) is 50.5 Å². The number of unbranched alkanes of at least 4 members (excludes halogenated alkanes) is 3. The average molecular weight is 179 g/mol. The molecule has 51 valence electrons. The zero-order chi connectivity index (χ0) is 7.11. The van der Waals surface area contributed by atoms with Crippen LogP contribution < -0.4 is 0 Å². The molecule has 0 spiro atoms. The van der Waals surface area contributed by atoms with Crippen molar-refractivity contribution in [3.05, 3.63) is 0 Å². The van der Waals surface area contributed by atoms with Crippen LogP contribution in [0.4, 0.5) is 0 Å². The average Bonchev–Trinajstić information content (AvgIpc) is 1.80. The van der Waals surface area contributed by atoms with Crippen LogP contribution in [0.1, 0.15) is 46.0 Å². The molecule has 0 aromatic carbocycles. The number of rotatable bonds is 5. The first-order valence-electron chi connectivity index (χ1n) is 4.10. The van der Waals surface area contributed by atoms with Crippen LogP contribution >= 0.6 is 0 Å². The molecule has 0 heterocycles. The molecule has 0 nitrogen and oxygen atoms in total. The first-order chi connectivity index (χ1) is 4.27. The third-order valence-corrected chi connectivity index (χ3v) is 2.41. The molecule has 0 aromatic rings. The Labute approximate surface area is 69.1 Å². The fraction of sp³-hybridized carbons (Fsp3) is 1.00. The van der Waals surface area contributed by atoms with Crippen LogP contribution in [0.25, 0.3) is 0 Å².